The summed E-state index contributed by atoms with van der Waals surface area (Å²) in [4.78, 5) is 27.1. The van der Waals surface area contributed by atoms with Crippen LogP contribution in [0.2, 0.25) is 0 Å². The van der Waals surface area contributed by atoms with Gasteiger partial charge in [0.05, 0.1) is 5.88 Å². The first-order valence-corrected chi connectivity index (χ1v) is 10.5. The van der Waals surface area contributed by atoms with E-state index < -0.39 is 6.04 Å². The van der Waals surface area contributed by atoms with Crippen LogP contribution in [0.25, 0.3) is 0 Å². The molecule has 1 heterocycles. The van der Waals surface area contributed by atoms with Gasteiger partial charge in [0.25, 0.3) is 5.91 Å². The predicted octanol–water partition coefficient (Wildman–Crippen LogP) is 2.77. The molecule has 1 aliphatic heterocycles. The van der Waals surface area contributed by atoms with E-state index in [0.29, 0.717) is 29.7 Å². The Hall–Kier alpha value is -1.24. The van der Waals surface area contributed by atoms with E-state index in [1.54, 1.807) is 16.7 Å². The van der Waals surface area contributed by atoms with Crippen LogP contribution in [0, 0.1) is 5.92 Å². The first-order valence-electron chi connectivity index (χ1n) is 9.30. The van der Waals surface area contributed by atoms with Crippen LogP contribution in [-0.4, -0.2) is 47.0 Å². The molecular weight excluding hydrogens is 382 g/mol. The Bertz CT molecular complexity index is 671. The third-order valence-corrected chi connectivity index (χ3v) is 6.20. The minimum atomic E-state index is -0.416. The normalized spacial score (nSPS) is 20.7. The summed E-state index contributed by atoms with van der Waals surface area (Å²) in [7, 11) is 0. The topological polar surface area (TPSA) is 75.4 Å². The zero-order chi connectivity index (χ0) is 18.9. The van der Waals surface area contributed by atoms with Gasteiger partial charge in [-0.2, -0.15) is 0 Å². The quantitative estimate of drug-likeness (QED) is 0.781. The van der Waals surface area contributed by atoms with Gasteiger partial charge in [-0.1, -0.05) is 32.9 Å². The summed E-state index contributed by atoms with van der Waals surface area (Å²) in [6.45, 7) is 6.93. The molecular formula is C20H30ClN3O2S. The average Bonchev–Trinajstić information content (AvgIpc) is 3.35. The van der Waals surface area contributed by atoms with Crippen molar-refractivity contribution in [3.8, 4) is 0 Å². The Morgan fingerprint density at radius 3 is 2.44 bits per heavy atom. The molecule has 1 saturated heterocycles. The molecule has 2 fully saturated rings. The number of hydrogen-bond acceptors (Lipinski definition) is 4. The van der Waals surface area contributed by atoms with E-state index >= 15 is 0 Å². The molecule has 2 aliphatic rings. The summed E-state index contributed by atoms with van der Waals surface area (Å²) in [6, 6.07) is 7.34. The Labute approximate surface area is 172 Å². The lowest BCUT2D eigenvalue weighted by atomic mass is 9.86. The maximum absolute atomic E-state index is 12.9. The number of nitrogens with one attached hydrogen (secondary N) is 1. The molecule has 2 atom stereocenters. The fourth-order valence-electron chi connectivity index (χ4n) is 3.17. The molecule has 7 heteroatoms. The van der Waals surface area contributed by atoms with Crippen molar-refractivity contribution in [2.75, 3.05) is 18.2 Å². The van der Waals surface area contributed by atoms with E-state index in [4.69, 9.17) is 5.73 Å². The van der Waals surface area contributed by atoms with Gasteiger partial charge in [-0.25, -0.2) is 0 Å². The molecule has 2 amide bonds. The van der Waals surface area contributed by atoms with Crippen LogP contribution >= 0.6 is 24.2 Å². The van der Waals surface area contributed by atoms with Crippen LogP contribution in [0.4, 0.5) is 0 Å². The van der Waals surface area contributed by atoms with Gasteiger partial charge in [-0.15, -0.1) is 24.2 Å². The number of benzene rings is 1. The summed E-state index contributed by atoms with van der Waals surface area (Å²) >= 11 is 1.61. The standard InChI is InChI=1S/C20H29N3O2S.ClH/c1-20(2,3)15-8-6-14(7-9-15)19(25)23-12-26-11-17(23)18(24)22-10-16(21)13-4-5-13;/h6-9,13,16-17H,4-5,10-12,21H2,1-3H3,(H,22,24);1H. The van der Waals surface area contributed by atoms with Gasteiger partial charge in [-0.05, 0) is 41.9 Å². The van der Waals surface area contributed by atoms with Gasteiger partial charge in [-0.3, -0.25) is 9.59 Å². The molecule has 2 unspecified atom stereocenters. The monoisotopic (exact) mass is 411 g/mol. The molecule has 3 rings (SSSR count). The number of nitrogens with two attached hydrogens (primary N) is 1. The highest BCUT2D eigenvalue weighted by molar-refractivity contribution is 7.99. The minimum absolute atomic E-state index is 0. The molecule has 5 nitrogen and oxygen atoms in total. The third kappa shape index (κ3) is 5.39. The average molecular weight is 412 g/mol. The predicted molar refractivity (Wildman–Crippen MR) is 113 cm³/mol. The summed E-state index contributed by atoms with van der Waals surface area (Å²) in [5.74, 6) is 1.56. The lowest BCUT2D eigenvalue weighted by Gasteiger charge is -2.24. The van der Waals surface area contributed by atoms with Gasteiger partial charge < -0.3 is 16.0 Å². The van der Waals surface area contributed by atoms with Crippen molar-refractivity contribution in [2.45, 2.75) is 51.1 Å². The second-order valence-electron chi connectivity index (χ2n) is 8.36. The first-order chi connectivity index (χ1) is 12.3. The largest absolute Gasteiger partial charge is 0.353 e. The first kappa shape index (κ1) is 22.1. The van der Waals surface area contributed by atoms with Gasteiger partial charge >= 0.3 is 0 Å². The Morgan fingerprint density at radius 2 is 1.89 bits per heavy atom. The molecule has 1 aromatic rings. The summed E-state index contributed by atoms with van der Waals surface area (Å²) in [5, 5.41) is 2.94. The number of nitrogens with zero attached hydrogens (tertiary/aromatic N) is 1. The Balaban J connectivity index is 0.00000261. The van der Waals surface area contributed by atoms with E-state index in [9.17, 15) is 9.59 Å². The van der Waals surface area contributed by atoms with E-state index in [2.05, 4.69) is 26.1 Å². The second-order valence-corrected chi connectivity index (χ2v) is 9.36. The molecule has 3 N–H and O–H groups in total. The van der Waals surface area contributed by atoms with Crippen LogP contribution < -0.4 is 11.1 Å². The molecule has 1 saturated carbocycles. The van der Waals surface area contributed by atoms with E-state index in [1.807, 2.05) is 24.3 Å². The zero-order valence-corrected chi connectivity index (χ0v) is 17.9. The summed E-state index contributed by atoms with van der Waals surface area (Å²) in [5.41, 5.74) is 7.93. The highest BCUT2D eigenvalue weighted by Gasteiger charge is 2.36. The van der Waals surface area contributed by atoms with Crippen molar-refractivity contribution in [3.63, 3.8) is 0 Å². The maximum Gasteiger partial charge on any atom is 0.255 e. The van der Waals surface area contributed by atoms with Gasteiger partial charge in [0.2, 0.25) is 5.91 Å². The van der Waals surface area contributed by atoms with Gasteiger partial charge in [0.15, 0.2) is 0 Å². The van der Waals surface area contributed by atoms with Crippen LogP contribution in [0.3, 0.4) is 0 Å². The molecule has 0 spiro atoms. The number of carbonyl (C=O) groups is 2. The zero-order valence-electron chi connectivity index (χ0n) is 16.2. The van der Waals surface area contributed by atoms with E-state index in [1.165, 1.54) is 5.56 Å². The highest BCUT2D eigenvalue weighted by atomic mass is 35.5. The molecule has 1 aromatic carbocycles. The van der Waals surface area contributed by atoms with Crippen LogP contribution in [-0.2, 0) is 10.2 Å². The van der Waals surface area contributed by atoms with Gasteiger partial charge in [0.1, 0.15) is 6.04 Å². The van der Waals surface area contributed by atoms with Crippen molar-refractivity contribution >= 4 is 36.0 Å². The third-order valence-electron chi connectivity index (χ3n) is 5.18. The number of amides is 2. The van der Waals surface area contributed by atoms with Crippen LogP contribution in [0.5, 0.6) is 0 Å². The van der Waals surface area contributed by atoms with Gasteiger partial charge in [0, 0.05) is 23.9 Å². The fourth-order valence-corrected chi connectivity index (χ4v) is 4.32. The van der Waals surface area contributed by atoms with Crippen molar-refractivity contribution in [1.82, 2.24) is 10.2 Å². The minimum Gasteiger partial charge on any atom is -0.353 e. The van der Waals surface area contributed by atoms with E-state index in [-0.39, 0.29) is 35.7 Å². The number of rotatable bonds is 5. The smallest absolute Gasteiger partial charge is 0.255 e. The lowest BCUT2D eigenvalue weighted by Crippen LogP contribution is -2.50. The number of carbonyl (C=O) groups excluding carboxylic acids is 2. The van der Waals surface area contributed by atoms with Crippen molar-refractivity contribution in [1.29, 1.82) is 0 Å². The Morgan fingerprint density at radius 1 is 1.26 bits per heavy atom. The van der Waals surface area contributed by atoms with Crippen LogP contribution in [0.15, 0.2) is 24.3 Å². The number of thioether (sulfide) groups is 1. The summed E-state index contributed by atoms with van der Waals surface area (Å²) in [6.07, 6.45) is 2.32. The lowest BCUT2D eigenvalue weighted by molar-refractivity contribution is -0.124. The summed E-state index contributed by atoms with van der Waals surface area (Å²) < 4.78 is 0. The molecule has 1 aliphatic carbocycles. The van der Waals surface area contributed by atoms with Crippen molar-refractivity contribution < 1.29 is 9.59 Å². The highest BCUT2D eigenvalue weighted by Crippen LogP contribution is 2.31. The van der Waals surface area contributed by atoms with Crippen molar-refractivity contribution in [2.24, 2.45) is 11.7 Å². The second kappa shape index (κ2) is 8.84. The van der Waals surface area contributed by atoms with Crippen LogP contribution in [0.1, 0.15) is 49.5 Å². The molecule has 150 valence electrons. The SMILES string of the molecule is CC(C)(C)c1ccc(C(=O)N2CSCC2C(=O)NCC(N)C2CC2)cc1.Cl. The molecule has 0 radical (unpaired) electrons. The fraction of sp³-hybridized carbons (Fsp3) is 0.600. The molecule has 27 heavy (non-hydrogen) atoms. The number of halogens is 1. The molecule has 0 aromatic heterocycles. The van der Waals surface area contributed by atoms with E-state index in [0.717, 1.165) is 12.8 Å². The Kier molecular flexibility index (Phi) is 7.22. The number of hydrogen-bond donors (Lipinski definition) is 2. The molecule has 0 bridgehead atoms. The maximum atomic E-state index is 12.9. The van der Waals surface area contributed by atoms with Crippen molar-refractivity contribution in [3.05, 3.63) is 35.4 Å².